The van der Waals surface area contributed by atoms with Crippen LogP contribution in [0.4, 0.5) is 0 Å². The van der Waals surface area contributed by atoms with Gasteiger partial charge in [-0.25, -0.2) is 4.79 Å². The summed E-state index contributed by atoms with van der Waals surface area (Å²) in [7, 11) is 0. The molecule has 106 valence electrons. The predicted molar refractivity (Wildman–Crippen MR) is 72.4 cm³/mol. The van der Waals surface area contributed by atoms with Gasteiger partial charge in [0.15, 0.2) is 0 Å². The van der Waals surface area contributed by atoms with Gasteiger partial charge in [0.2, 0.25) is 5.76 Å². The van der Waals surface area contributed by atoms with Crippen molar-refractivity contribution in [1.82, 2.24) is 9.80 Å². The Balaban J connectivity index is 1.92. The van der Waals surface area contributed by atoms with Crippen LogP contribution in [0.3, 0.4) is 0 Å². The summed E-state index contributed by atoms with van der Waals surface area (Å²) in [5, 5.41) is 8.97. The lowest BCUT2D eigenvalue weighted by atomic mass is 10.2. The maximum Gasteiger partial charge on any atom is 0.372 e. The fourth-order valence-electron chi connectivity index (χ4n) is 2.50. The van der Waals surface area contributed by atoms with Crippen molar-refractivity contribution in [1.29, 1.82) is 0 Å². The summed E-state index contributed by atoms with van der Waals surface area (Å²) < 4.78 is 5.40. The third-order valence-electron chi connectivity index (χ3n) is 3.68. The van der Waals surface area contributed by atoms with Crippen molar-refractivity contribution in [2.24, 2.45) is 0 Å². The van der Waals surface area contributed by atoms with Crippen LogP contribution in [0.25, 0.3) is 0 Å². The maximum atomic E-state index is 10.9. The quantitative estimate of drug-likeness (QED) is 0.900. The van der Waals surface area contributed by atoms with Gasteiger partial charge in [-0.15, -0.1) is 0 Å². The van der Waals surface area contributed by atoms with Crippen molar-refractivity contribution in [2.45, 2.75) is 33.4 Å². The molecule has 0 aliphatic carbocycles. The number of carboxylic acids is 1. The minimum Gasteiger partial charge on any atom is -0.475 e. The van der Waals surface area contributed by atoms with E-state index in [2.05, 4.69) is 23.6 Å². The first kappa shape index (κ1) is 14.1. The first-order valence-corrected chi connectivity index (χ1v) is 6.76. The van der Waals surface area contributed by atoms with Gasteiger partial charge in [0, 0.05) is 37.8 Å². The van der Waals surface area contributed by atoms with Crippen molar-refractivity contribution in [2.75, 3.05) is 26.2 Å². The third kappa shape index (κ3) is 3.36. The van der Waals surface area contributed by atoms with Crippen LogP contribution in [0, 0.1) is 6.92 Å². The van der Waals surface area contributed by atoms with E-state index in [0.29, 0.717) is 18.2 Å². The largest absolute Gasteiger partial charge is 0.475 e. The topological polar surface area (TPSA) is 56.9 Å². The summed E-state index contributed by atoms with van der Waals surface area (Å²) in [5.74, 6) is -0.183. The summed E-state index contributed by atoms with van der Waals surface area (Å²) in [4.78, 5) is 15.7. The average molecular weight is 266 g/mol. The van der Waals surface area contributed by atoms with E-state index in [-0.39, 0.29) is 5.76 Å². The van der Waals surface area contributed by atoms with Crippen LogP contribution in [0.5, 0.6) is 0 Å². The lowest BCUT2D eigenvalue weighted by Crippen LogP contribution is -2.48. The van der Waals surface area contributed by atoms with Gasteiger partial charge in [0.05, 0.1) is 6.54 Å². The molecule has 0 aromatic carbocycles. The fraction of sp³-hybridized carbons (Fsp3) is 0.643. The number of aromatic carboxylic acids is 1. The van der Waals surface area contributed by atoms with E-state index >= 15 is 0 Å². The van der Waals surface area contributed by atoms with Crippen LogP contribution in [-0.4, -0.2) is 53.1 Å². The molecule has 1 aliphatic heterocycles. The van der Waals surface area contributed by atoms with Gasteiger partial charge < -0.3 is 9.52 Å². The highest BCUT2D eigenvalue weighted by Gasteiger charge is 2.21. The van der Waals surface area contributed by atoms with Crippen LogP contribution in [-0.2, 0) is 6.54 Å². The van der Waals surface area contributed by atoms with Gasteiger partial charge in [-0.3, -0.25) is 9.80 Å². The molecule has 19 heavy (non-hydrogen) atoms. The zero-order valence-electron chi connectivity index (χ0n) is 11.8. The number of nitrogens with zero attached hydrogens (tertiary/aromatic N) is 2. The number of hydrogen-bond donors (Lipinski definition) is 1. The minimum absolute atomic E-state index is 0.0656. The van der Waals surface area contributed by atoms with Gasteiger partial charge in [-0.1, -0.05) is 0 Å². The number of carbonyl (C=O) groups is 1. The Morgan fingerprint density at radius 2 is 2.00 bits per heavy atom. The molecule has 1 saturated heterocycles. The lowest BCUT2D eigenvalue weighted by molar-refractivity contribution is 0.0652. The van der Waals surface area contributed by atoms with Gasteiger partial charge in [-0.2, -0.15) is 0 Å². The molecule has 1 aromatic rings. The van der Waals surface area contributed by atoms with Crippen molar-refractivity contribution >= 4 is 5.97 Å². The molecule has 5 nitrogen and oxygen atoms in total. The molecule has 0 spiro atoms. The predicted octanol–water partition coefficient (Wildman–Crippen LogP) is 1.81. The Morgan fingerprint density at radius 1 is 1.37 bits per heavy atom. The van der Waals surface area contributed by atoms with E-state index in [1.165, 1.54) is 0 Å². The van der Waals surface area contributed by atoms with E-state index in [9.17, 15) is 4.79 Å². The van der Waals surface area contributed by atoms with Crippen LogP contribution < -0.4 is 0 Å². The van der Waals surface area contributed by atoms with Gasteiger partial charge >= 0.3 is 5.97 Å². The standard InChI is InChI=1S/C14H22N2O3/c1-10(2)16-6-4-15(5-7-16)9-12-8-11(3)13(19-12)14(17)18/h8,10H,4-7,9H2,1-3H3,(H,17,18). The number of aryl methyl sites for hydroxylation is 1. The molecule has 2 heterocycles. The molecule has 1 aliphatic rings. The summed E-state index contributed by atoms with van der Waals surface area (Å²) >= 11 is 0. The van der Waals surface area contributed by atoms with Crippen molar-refractivity contribution in [3.63, 3.8) is 0 Å². The fourth-order valence-corrected chi connectivity index (χ4v) is 2.50. The molecule has 1 fully saturated rings. The Morgan fingerprint density at radius 3 is 2.47 bits per heavy atom. The minimum atomic E-state index is -0.992. The van der Waals surface area contributed by atoms with E-state index in [1.54, 1.807) is 6.92 Å². The molecule has 2 rings (SSSR count). The smallest absolute Gasteiger partial charge is 0.372 e. The van der Waals surface area contributed by atoms with Crippen molar-refractivity contribution < 1.29 is 14.3 Å². The SMILES string of the molecule is Cc1cc(CN2CCN(C(C)C)CC2)oc1C(=O)O. The zero-order valence-corrected chi connectivity index (χ0v) is 11.8. The first-order valence-electron chi connectivity index (χ1n) is 6.76. The van der Waals surface area contributed by atoms with Crippen LogP contribution in [0.15, 0.2) is 10.5 Å². The third-order valence-corrected chi connectivity index (χ3v) is 3.68. The zero-order chi connectivity index (χ0) is 14.0. The molecule has 5 heteroatoms. The first-order chi connectivity index (χ1) is 8.97. The van der Waals surface area contributed by atoms with Crippen LogP contribution in [0.2, 0.25) is 0 Å². The van der Waals surface area contributed by atoms with E-state index < -0.39 is 5.97 Å². The highest BCUT2D eigenvalue weighted by molar-refractivity contribution is 5.86. The Hall–Kier alpha value is -1.33. The summed E-state index contributed by atoms with van der Waals surface area (Å²) in [5.41, 5.74) is 0.698. The lowest BCUT2D eigenvalue weighted by Gasteiger charge is -2.36. The Labute approximate surface area is 113 Å². The van der Waals surface area contributed by atoms with Gasteiger partial charge in [0.25, 0.3) is 0 Å². The molecule has 0 radical (unpaired) electrons. The second-order valence-electron chi connectivity index (χ2n) is 5.44. The van der Waals surface area contributed by atoms with Crippen molar-refractivity contribution in [3.05, 3.63) is 23.2 Å². The molecule has 0 amide bonds. The second kappa shape index (κ2) is 5.75. The molecule has 0 atom stereocenters. The molecular formula is C14H22N2O3. The molecule has 0 bridgehead atoms. The van der Waals surface area contributed by atoms with E-state index in [1.807, 2.05) is 6.07 Å². The van der Waals surface area contributed by atoms with E-state index in [4.69, 9.17) is 9.52 Å². The number of furan rings is 1. The molecule has 0 unspecified atom stereocenters. The van der Waals surface area contributed by atoms with Crippen LogP contribution >= 0.6 is 0 Å². The van der Waals surface area contributed by atoms with E-state index in [0.717, 1.165) is 31.9 Å². The Bertz CT molecular complexity index is 446. The highest BCUT2D eigenvalue weighted by atomic mass is 16.4. The van der Waals surface area contributed by atoms with Crippen molar-refractivity contribution in [3.8, 4) is 0 Å². The van der Waals surface area contributed by atoms with Crippen LogP contribution in [0.1, 0.15) is 35.7 Å². The van der Waals surface area contributed by atoms with Gasteiger partial charge in [-0.05, 0) is 26.8 Å². The highest BCUT2D eigenvalue weighted by Crippen LogP contribution is 2.17. The monoisotopic (exact) mass is 266 g/mol. The molecule has 0 saturated carbocycles. The Kier molecular flexibility index (Phi) is 4.27. The summed E-state index contributed by atoms with van der Waals surface area (Å²) in [6, 6.07) is 2.42. The number of piperazine rings is 1. The normalized spacial score (nSPS) is 18.1. The average Bonchev–Trinajstić information content (AvgIpc) is 2.71. The number of rotatable bonds is 4. The number of hydrogen-bond acceptors (Lipinski definition) is 4. The number of carboxylic acid groups (broad SMARTS) is 1. The molecule has 1 aromatic heterocycles. The molecule has 1 N–H and O–H groups in total. The van der Waals surface area contributed by atoms with Gasteiger partial charge in [0.1, 0.15) is 5.76 Å². The summed E-state index contributed by atoms with van der Waals surface area (Å²) in [6.07, 6.45) is 0. The molecular weight excluding hydrogens is 244 g/mol. The maximum absolute atomic E-state index is 10.9. The second-order valence-corrected chi connectivity index (χ2v) is 5.44. The summed E-state index contributed by atoms with van der Waals surface area (Å²) in [6.45, 7) is 11.0.